The topological polar surface area (TPSA) is 120 Å². The number of ether oxygens (including phenoxy) is 1. The molecule has 0 bridgehead atoms. The van der Waals surface area contributed by atoms with Crippen LogP contribution in [0.2, 0.25) is 0 Å². The lowest BCUT2D eigenvalue weighted by molar-refractivity contribution is 0.152. The molecule has 3 aromatic heterocycles. The third-order valence-electron chi connectivity index (χ3n) is 6.59. The number of anilines is 2. The highest BCUT2D eigenvalue weighted by Crippen LogP contribution is 2.33. The summed E-state index contributed by atoms with van der Waals surface area (Å²) in [7, 11) is 1.41. The minimum atomic E-state index is -0.491. The molecule has 0 amide bonds. The zero-order valence-electron chi connectivity index (χ0n) is 19.8. The van der Waals surface area contributed by atoms with Gasteiger partial charge in [-0.25, -0.2) is 14.4 Å². The first kappa shape index (κ1) is 22.3. The molecule has 0 radical (unpaired) electrons. The monoisotopic (exact) mass is 468 g/mol. The van der Waals surface area contributed by atoms with Crippen LogP contribution in [0.15, 0.2) is 18.3 Å². The van der Waals surface area contributed by atoms with Crippen molar-refractivity contribution in [1.29, 1.82) is 0 Å². The van der Waals surface area contributed by atoms with Crippen molar-refractivity contribution in [3.63, 3.8) is 0 Å². The number of piperidine rings is 1. The molecule has 0 spiro atoms. The third-order valence-corrected chi connectivity index (χ3v) is 6.59. The number of hydrogen-bond acceptors (Lipinski definition) is 8. The number of halogens is 1. The van der Waals surface area contributed by atoms with Crippen LogP contribution in [0.25, 0.3) is 16.6 Å². The first-order valence-electron chi connectivity index (χ1n) is 11.3. The number of methoxy groups -OCH3 is 1. The summed E-state index contributed by atoms with van der Waals surface area (Å²) >= 11 is 0. The van der Waals surface area contributed by atoms with Crippen molar-refractivity contribution < 1.29 is 14.2 Å². The number of nitrogen functional groups attached to an aromatic ring is 1. The van der Waals surface area contributed by atoms with Crippen molar-refractivity contribution in [2.45, 2.75) is 45.1 Å². The maximum atomic E-state index is 14.4. The lowest BCUT2D eigenvalue weighted by Gasteiger charge is -2.32. The predicted octanol–water partition coefficient (Wildman–Crippen LogP) is 2.62. The molecule has 1 aliphatic rings. The SMILES string of the molecule is COc1cc2nc(N)n3nc(C4CCCN(c5cn(C(C)(C)CO)nc5C)C4)nc3c2cc1F. The standard InChI is InChI=1S/C23H29FN8O2/c1-13-18(11-31(28-13)23(2,3)12-33)30-7-5-6-14(10-30)20-27-21-15-8-16(24)19(34-4)9-17(15)26-22(25)32(21)29-20/h8-9,11,14,33H,5-7,10,12H2,1-4H3,(H2,25,26). The van der Waals surface area contributed by atoms with E-state index in [4.69, 9.17) is 15.5 Å². The van der Waals surface area contributed by atoms with Crippen molar-refractivity contribution in [2.24, 2.45) is 0 Å². The number of fused-ring (bicyclic) bond motifs is 3. The Bertz CT molecular complexity index is 1380. The normalized spacial score (nSPS) is 17.1. The molecule has 1 atom stereocenters. The van der Waals surface area contributed by atoms with E-state index in [1.165, 1.54) is 23.8 Å². The molecule has 4 heterocycles. The first-order chi connectivity index (χ1) is 16.2. The lowest BCUT2D eigenvalue weighted by Crippen LogP contribution is -2.35. The highest BCUT2D eigenvalue weighted by Gasteiger charge is 2.29. The molecule has 11 heteroatoms. The van der Waals surface area contributed by atoms with Crippen LogP contribution in [0.4, 0.5) is 16.0 Å². The molecule has 4 aromatic rings. The Morgan fingerprint density at radius 2 is 2.06 bits per heavy atom. The zero-order valence-corrected chi connectivity index (χ0v) is 19.8. The van der Waals surface area contributed by atoms with Gasteiger partial charge in [0.25, 0.3) is 0 Å². The van der Waals surface area contributed by atoms with Crippen LogP contribution < -0.4 is 15.4 Å². The number of aliphatic hydroxyl groups is 1. The van der Waals surface area contributed by atoms with Gasteiger partial charge in [0.1, 0.15) is 0 Å². The molecule has 180 valence electrons. The van der Waals surface area contributed by atoms with Crippen LogP contribution >= 0.6 is 0 Å². The Hall–Kier alpha value is -3.47. The zero-order chi connectivity index (χ0) is 24.2. The van der Waals surface area contributed by atoms with Gasteiger partial charge in [0.2, 0.25) is 5.95 Å². The fraction of sp³-hybridized carbons (Fsp3) is 0.478. The van der Waals surface area contributed by atoms with Crippen molar-refractivity contribution in [1.82, 2.24) is 29.4 Å². The quantitative estimate of drug-likeness (QED) is 0.459. The Kier molecular flexibility index (Phi) is 5.31. The molecule has 1 fully saturated rings. The molecule has 0 aliphatic carbocycles. The summed E-state index contributed by atoms with van der Waals surface area (Å²) in [4.78, 5) is 11.4. The van der Waals surface area contributed by atoms with E-state index in [1.807, 2.05) is 31.6 Å². The van der Waals surface area contributed by atoms with Crippen LogP contribution in [0.5, 0.6) is 5.75 Å². The summed E-state index contributed by atoms with van der Waals surface area (Å²) in [6, 6.07) is 2.88. The Labute approximate surface area is 196 Å². The average Bonchev–Trinajstić information content (AvgIpc) is 3.45. The van der Waals surface area contributed by atoms with Gasteiger partial charge in [-0.15, -0.1) is 5.10 Å². The summed E-state index contributed by atoms with van der Waals surface area (Å²) in [5.41, 5.74) is 8.61. The fourth-order valence-electron chi connectivity index (χ4n) is 4.53. The van der Waals surface area contributed by atoms with E-state index in [9.17, 15) is 9.50 Å². The van der Waals surface area contributed by atoms with E-state index in [1.54, 1.807) is 0 Å². The molecule has 1 unspecified atom stereocenters. The summed E-state index contributed by atoms with van der Waals surface area (Å²) in [6.45, 7) is 7.49. The number of aliphatic hydroxyl groups excluding tert-OH is 1. The maximum Gasteiger partial charge on any atom is 0.223 e. The molecular formula is C23H29FN8O2. The van der Waals surface area contributed by atoms with Gasteiger partial charge in [-0.3, -0.25) is 4.68 Å². The van der Waals surface area contributed by atoms with Crippen LogP contribution in [0.3, 0.4) is 0 Å². The maximum absolute atomic E-state index is 14.4. The van der Waals surface area contributed by atoms with Crippen LogP contribution in [-0.4, -0.2) is 61.3 Å². The average molecular weight is 469 g/mol. The van der Waals surface area contributed by atoms with E-state index >= 15 is 0 Å². The second-order valence-electron chi connectivity index (χ2n) is 9.48. The van der Waals surface area contributed by atoms with E-state index in [2.05, 4.69) is 20.1 Å². The smallest absolute Gasteiger partial charge is 0.223 e. The van der Waals surface area contributed by atoms with Gasteiger partial charge in [-0.1, -0.05) is 0 Å². The summed E-state index contributed by atoms with van der Waals surface area (Å²) in [5, 5.41) is 19.5. The van der Waals surface area contributed by atoms with Gasteiger partial charge >= 0.3 is 0 Å². The molecule has 1 saturated heterocycles. The van der Waals surface area contributed by atoms with E-state index in [0.717, 1.165) is 37.3 Å². The Morgan fingerprint density at radius 1 is 1.26 bits per heavy atom. The first-order valence-corrected chi connectivity index (χ1v) is 11.3. The largest absolute Gasteiger partial charge is 0.494 e. The van der Waals surface area contributed by atoms with Crippen LogP contribution in [0.1, 0.15) is 44.1 Å². The van der Waals surface area contributed by atoms with Crippen molar-refractivity contribution in [2.75, 3.05) is 37.4 Å². The van der Waals surface area contributed by atoms with Gasteiger partial charge in [-0.2, -0.15) is 9.61 Å². The number of aromatic nitrogens is 6. The van der Waals surface area contributed by atoms with Crippen molar-refractivity contribution in [3.05, 3.63) is 35.7 Å². The van der Waals surface area contributed by atoms with Gasteiger partial charge in [-0.05, 0) is 39.7 Å². The number of nitrogens with zero attached hydrogens (tertiary/aromatic N) is 7. The molecule has 10 nitrogen and oxygen atoms in total. The number of nitrogens with two attached hydrogens (primary N) is 1. The third kappa shape index (κ3) is 3.60. The van der Waals surface area contributed by atoms with Gasteiger partial charge in [0, 0.05) is 36.7 Å². The molecule has 1 aliphatic heterocycles. The van der Waals surface area contributed by atoms with E-state index in [0.29, 0.717) is 22.4 Å². The summed E-state index contributed by atoms with van der Waals surface area (Å²) in [6.07, 6.45) is 3.89. The van der Waals surface area contributed by atoms with Crippen molar-refractivity contribution in [3.8, 4) is 5.75 Å². The Balaban J connectivity index is 1.50. The van der Waals surface area contributed by atoms with Gasteiger partial charge < -0.3 is 20.5 Å². The molecule has 3 N–H and O–H groups in total. The second-order valence-corrected chi connectivity index (χ2v) is 9.48. The lowest BCUT2D eigenvalue weighted by atomic mass is 9.97. The highest BCUT2D eigenvalue weighted by atomic mass is 19.1. The van der Waals surface area contributed by atoms with E-state index in [-0.39, 0.29) is 24.2 Å². The highest BCUT2D eigenvalue weighted by molar-refractivity contribution is 5.93. The van der Waals surface area contributed by atoms with Crippen LogP contribution in [0, 0.1) is 12.7 Å². The molecule has 1 aromatic carbocycles. The predicted molar refractivity (Wildman–Crippen MR) is 127 cm³/mol. The van der Waals surface area contributed by atoms with Crippen molar-refractivity contribution >= 4 is 28.2 Å². The van der Waals surface area contributed by atoms with Gasteiger partial charge in [0.05, 0.1) is 36.2 Å². The minimum absolute atomic E-state index is 0.00274. The summed E-state index contributed by atoms with van der Waals surface area (Å²) < 4.78 is 22.8. The molecule has 0 saturated carbocycles. The number of hydrogen-bond donors (Lipinski definition) is 2. The molecular weight excluding hydrogens is 439 g/mol. The number of aryl methyl sites for hydroxylation is 1. The summed E-state index contributed by atoms with van der Waals surface area (Å²) in [5.74, 6) is 0.523. The molecule has 34 heavy (non-hydrogen) atoms. The fourth-order valence-corrected chi connectivity index (χ4v) is 4.53. The minimum Gasteiger partial charge on any atom is -0.494 e. The van der Waals surface area contributed by atoms with Gasteiger partial charge in [0.15, 0.2) is 23.0 Å². The molecule has 5 rings (SSSR count). The number of benzene rings is 1. The Morgan fingerprint density at radius 3 is 2.79 bits per heavy atom. The number of rotatable bonds is 5. The van der Waals surface area contributed by atoms with Crippen LogP contribution in [-0.2, 0) is 5.54 Å². The second kappa shape index (κ2) is 8.08. The van der Waals surface area contributed by atoms with E-state index < -0.39 is 11.4 Å².